The normalized spacial score (nSPS) is 27.3. The molecule has 11 heteroatoms. The predicted octanol–water partition coefficient (Wildman–Crippen LogP) is 1.92. The van der Waals surface area contributed by atoms with Gasteiger partial charge in [-0.3, -0.25) is 4.79 Å². The van der Waals surface area contributed by atoms with Crippen LogP contribution in [-0.4, -0.2) is 64.0 Å². The van der Waals surface area contributed by atoms with Crippen molar-refractivity contribution in [2.75, 3.05) is 5.75 Å². The van der Waals surface area contributed by atoms with Gasteiger partial charge in [-0.05, 0) is 41.6 Å². The molecule has 4 rings (SSSR count). The highest BCUT2D eigenvalue weighted by Crippen LogP contribution is 2.52. The Morgan fingerprint density at radius 2 is 2.19 bits per heavy atom. The summed E-state index contributed by atoms with van der Waals surface area (Å²) in [6, 6.07) is 6.26. The number of halogens is 1. The lowest BCUT2D eigenvalue weighted by molar-refractivity contribution is -0.157. The van der Waals surface area contributed by atoms with Crippen LogP contribution in [-0.2, 0) is 9.59 Å². The quantitative estimate of drug-likeness (QED) is 0.588. The van der Waals surface area contributed by atoms with E-state index in [-0.39, 0.29) is 11.3 Å². The molecule has 3 atom stereocenters. The van der Waals surface area contributed by atoms with Gasteiger partial charge >= 0.3 is 5.97 Å². The van der Waals surface area contributed by atoms with Crippen molar-refractivity contribution >= 4 is 47.0 Å². The number of carbonyl (C=O) groups is 2. The Hall–Kier alpha value is -1.78. The van der Waals surface area contributed by atoms with Crippen molar-refractivity contribution in [3.8, 4) is 5.69 Å². The number of rotatable bonds is 5. The molecular weight excluding hydrogens is 398 g/mol. The maximum atomic E-state index is 11.8. The lowest BCUT2D eigenvalue weighted by Gasteiger charge is -2.36. The minimum absolute atomic E-state index is 0.0542. The third-order valence-electron chi connectivity index (χ3n) is 4.44. The van der Waals surface area contributed by atoms with Gasteiger partial charge in [0.05, 0.1) is 22.2 Å². The van der Waals surface area contributed by atoms with Crippen LogP contribution in [0, 0.1) is 0 Å². The molecule has 8 nitrogen and oxygen atoms in total. The summed E-state index contributed by atoms with van der Waals surface area (Å²) in [5.74, 6) is -0.619. The summed E-state index contributed by atoms with van der Waals surface area (Å²) in [6.07, 6.45) is 0.400. The number of amides is 1. The highest BCUT2D eigenvalue weighted by atomic mass is 35.5. The molecule has 136 valence electrons. The fraction of sp³-hybridized carbons (Fsp3) is 0.400. The Morgan fingerprint density at radius 3 is 2.85 bits per heavy atom. The van der Waals surface area contributed by atoms with Crippen molar-refractivity contribution < 1.29 is 14.7 Å². The maximum Gasteiger partial charge on any atom is 0.327 e. The molecule has 1 aromatic carbocycles. The Kier molecular flexibility index (Phi) is 4.36. The van der Waals surface area contributed by atoms with Gasteiger partial charge in [0.25, 0.3) is 0 Å². The second-order valence-corrected chi connectivity index (χ2v) is 9.36. The van der Waals surface area contributed by atoms with Crippen LogP contribution in [0.4, 0.5) is 0 Å². The van der Waals surface area contributed by atoms with E-state index in [1.807, 2.05) is 6.92 Å². The van der Waals surface area contributed by atoms with Gasteiger partial charge in [-0.15, -0.1) is 16.9 Å². The Morgan fingerprint density at radius 1 is 1.46 bits per heavy atom. The van der Waals surface area contributed by atoms with Crippen LogP contribution in [0.25, 0.3) is 5.69 Å². The molecule has 1 N–H and O–H groups in total. The second kappa shape index (κ2) is 6.43. The average molecular weight is 412 g/mol. The van der Waals surface area contributed by atoms with E-state index in [1.165, 1.54) is 28.4 Å². The number of nitrogens with zero attached hydrogens (tertiary/aromatic N) is 5. The Labute approximate surface area is 162 Å². The monoisotopic (exact) mass is 411 g/mol. The van der Waals surface area contributed by atoms with Crippen molar-refractivity contribution in [3.05, 3.63) is 29.3 Å². The molecule has 2 aliphatic heterocycles. The topological polar surface area (TPSA) is 101 Å². The number of β-lactam (4-membered cyclic amide) rings is 1. The van der Waals surface area contributed by atoms with E-state index in [0.29, 0.717) is 22.4 Å². The van der Waals surface area contributed by atoms with E-state index >= 15 is 0 Å². The van der Waals surface area contributed by atoms with E-state index in [4.69, 9.17) is 11.6 Å². The molecule has 1 aromatic heterocycles. The summed E-state index contributed by atoms with van der Waals surface area (Å²) < 4.78 is 0.962. The number of carboxylic acid groups (broad SMARTS) is 1. The fourth-order valence-electron chi connectivity index (χ4n) is 3.19. The first-order valence-corrected chi connectivity index (χ1v) is 10.0. The first-order chi connectivity index (χ1) is 12.4. The number of aromatic nitrogens is 4. The number of hydrogen-bond acceptors (Lipinski definition) is 7. The highest BCUT2D eigenvalue weighted by molar-refractivity contribution is 8.04. The molecule has 0 spiro atoms. The van der Waals surface area contributed by atoms with Crippen LogP contribution in [0.1, 0.15) is 13.3 Å². The zero-order chi connectivity index (χ0) is 18.5. The first kappa shape index (κ1) is 17.6. The lowest BCUT2D eigenvalue weighted by Crippen LogP contribution is -2.57. The average Bonchev–Trinajstić information content (AvgIpc) is 3.14. The van der Waals surface area contributed by atoms with Gasteiger partial charge in [-0.25, -0.2) is 4.79 Å². The van der Waals surface area contributed by atoms with Crippen LogP contribution < -0.4 is 0 Å². The molecule has 0 radical (unpaired) electrons. The number of carboxylic acids is 1. The summed E-state index contributed by atoms with van der Waals surface area (Å²) in [5.41, 5.74) is 0.764. The van der Waals surface area contributed by atoms with Crippen LogP contribution in [0.3, 0.4) is 0 Å². The maximum absolute atomic E-state index is 11.8. The van der Waals surface area contributed by atoms with Crippen LogP contribution >= 0.6 is 35.1 Å². The van der Waals surface area contributed by atoms with Gasteiger partial charge in [-0.1, -0.05) is 23.4 Å². The number of tetrazole rings is 1. The van der Waals surface area contributed by atoms with Gasteiger partial charge in [0.2, 0.25) is 11.1 Å². The van der Waals surface area contributed by atoms with Crippen molar-refractivity contribution in [1.82, 2.24) is 25.1 Å². The molecule has 26 heavy (non-hydrogen) atoms. The number of carbonyl (C=O) groups excluding carboxylic acids is 1. The van der Waals surface area contributed by atoms with Gasteiger partial charge in [0.15, 0.2) is 0 Å². The minimum Gasteiger partial charge on any atom is -0.480 e. The predicted molar refractivity (Wildman–Crippen MR) is 97.6 cm³/mol. The van der Waals surface area contributed by atoms with E-state index in [9.17, 15) is 14.7 Å². The summed E-state index contributed by atoms with van der Waals surface area (Å²) in [5, 5.41) is 22.5. The smallest absolute Gasteiger partial charge is 0.327 e. The van der Waals surface area contributed by atoms with E-state index in [2.05, 4.69) is 15.5 Å². The molecule has 2 saturated heterocycles. The molecule has 2 aromatic rings. The number of thioether (sulfide) groups is 2. The molecule has 0 unspecified atom stereocenters. The summed E-state index contributed by atoms with van der Waals surface area (Å²) in [7, 11) is 0. The van der Waals surface area contributed by atoms with Crippen LogP contribution in [0.5, 0.6) is 0 Å². The Bertz CT molecular complexity index is 876. The molecule has 2 fully saturated rings. The SMILES string of the molecule is C[C@@]1(CSc2nnnn2-c2ccc(Cl)cc2)S[C@H]2CC(=O)N2[C@H]1C(=O)O. The standard InChI is InChI=1S/C15H14ClN5O3S2/c1-15(12(13(23)24)20-10(22)6-11(20)26-15)7-25-14-17-18-19-21(14)9-4-2-8(16)3-5-9/h2-5,11-12H,6-7H2,1H3,(H,23,24)/t11-,12-,15-/m0/s1. The number of fused-ring (bicyclic) bond motifs is 1. The van der Waals surface area contributed by atoms with Crippen LogP contribution in [0.15, 0.2) is 29.4 Å². The first-order valence-electron chi connectivity index (χ1n) is 7.78. The van der Waals surface area contributed by atoms with E-state index in [0.717, 1.165) is 5.69 Å². The molecule has 3 heterocycles. The van der Waals surface area contributed by atoms with Crippen LogP contribution in [0.2, 0.25) is 5.02 Å². The van der Waals surface area contributed by atoms with Gasteiger partial charge in [0.1, 0.15) is 6.04 Å². The zero-order valence-corrected chi connectivity index (χ0v) is 16.0. The zero-order valence-electron chi connectivity index (χ0n) is 13.6. The fourth-order valence-corrected chi connectivity index (χ4v) is 6.24. The van der Waals surface area contributed by atoms with E-state index < -0.39 is 16.8 Å². The second-order valence-electron chi connectivity index (χ2n) is 6.27. The van der Waals surface area contributed by atoms with E-state index in [1.54, 1.807) is 28.9 Å². The summed E-state index contributed by atoms with van der Waals surface area (Å²) in [4.78, 5) is 25.1. The molecular formula is C15H14ClN5O3S2. The molecule has 0 saturated carbocycles. The number of aliphatic carboxylic acids is 1. The third-order valence-corrected chi connectivity index (χ3v) is 7.71. The largest absolute Gasteiger partial charge is 0.480 e. The highest BCUT2D eigenvalue weighted by Gasteiger charge is 2.60. The summed E-state index contributed by atoms with van der Waals surface area (Å²) >= 11 is 8.82. The molecule has 1 amide bonds. The van der Waals surface area contributed by atoms with Gasteiger partial charge in [-0.2, -0.15) is 4.68 Å². The van der Waals surface area contributed by atoms with Crippen molar-refractivity contribution in [2.45, 2.75) is 34.7 Å². The van der Waals surface area contributed by atoms with Crippen molar-refractivity contribution in [3.63, 3.8) is 0 Å². The molecule has 2 aliphatic rings. The summed E-state index contributed by atoms with van der Waals surface area (Å²) in [6.45, 7) is 1.88. The van der Waals surface area contributed by atoms with Gasteiger partial charge < -0.3 is 10.0 Å². The Balaban J connectivity index is 1.54. The minimum atomic E-state index is -0.978. The number of hydrogen-bond donors (Lipinski definition) is 1. The molecule has 0 aliphatic carbocycles. The third kappa shape index (κ3) is 2.85. The van der Waals surface area contributed by atoms with Gasteiger partial charge in [0, 0.05) is 10.8 Å². The van der Waals surface area contributed by atoms with Crippen molar-refractivity contribution in [2.24, 2.45) is 0 Å². The van der Waals surface area contributed by atoms with Crippen molar-refractivity contribution in [1.29, 1.82) is 0 Å². The molecule has 0 bridgehead atoms. The number of benzene rings is 1. The lowest BCUT2D eigenvalue weighted by atomic mass is 9.98.